The Morgan fingerprint density at radius 2 is 1.27 bits per heavy atom. The third-order valence-electron chi connectivity index (χ3n) is 7.77. The van der Waals surface area contributed by atoms with Crippen LogP contribution in [0.25, 0.3) is 11.3 Å². The number of hydrogen-bond acceptors (Lipinski definition) is 5. The van der Waals surface area contributed by atoms with Crippen LogP contribution in [0.15, 0.2) is 94.4 Å². The van der Waals surface area contributed by atoms with Crippen molar-refractivity contribution in [3.63, 3.8) is 0 Å². The van der Waals surface area contributed by atoms with E-state index in [0.29, 0.717) is 17.1 Å². The van der Waals surface area contributed by atoms with E-state index in [1.165, 1.54) is 18.3 Å². The van der Waals surface area contributed by atoms with E-state index in [-0.39, 0.29) is 29.2 Å². The van der Waals surface area contributed by atoms with Crippen LogP contribution in [0.1, 0.15) is 50.2 Å². The summed E-state index contributed by atoms with van der Waals surface area (Å²) in [5.41, 5.74) is 5.35. The van der Waals surface area contributed by atoms with Gasteiger partial charge < -0.3 is 9.52 Å². The maximum Gasteiger partial charge on any atom is 0.335 e. The minimum absolute atomic E-state index is 0.178. The van der Waals surface area contributed by atoms with Crippen molar-refractivity contribution in [2.45, 2.75) is 11.8 Å². The third-order valence-corrected chi connectivity index (χ3v) is 7.77. The number of benzene rings is 3. The zero-order valence-electron chi connectivity index (χ0n) is 19.4. The van der Waals surface area contributed by atoms with Gasteiger partial charge in [0.25, 0.3) is 11.8 Å². The number of nitrogens with zero attached hydrogens (tertiary/aromatic N) is 2. The molecule has 37 heavy (non-hydrogen) atoms. The first-order valence-electron chi connectivity index (χ1n) is 12.1. The molecule has 180 valence electrons. The predicted molar refractivity (Wildman–Crippen MR) is 134 cm³/mol. The lowest BCUT2D eigenvalue weighted by Crippen LogP contribution is -2.41. The van der Waals surface area contributed by atoms with Gasteiger partial charge in [-0.15, -0.1) is 0 Å². The number of aromatic carboxylic acids is 1. The second-order valence-electron chi connectivity index (χ2n) is 9.58. The van der Waals surface area contributed by atoms with E-state index < -0.39 is 17.8 Å². The van der Waals surface area contributed by atoms with Crippen LogP contribution in [-0.4, -0.2) is 34.1 Å². The Morgan fingerprint density at radius 3 is 1.76 bits per heavy atom. The number of furan rings is 1. The van der Waals surface area contributed by atoms with Gasteiger partial charge in [0, 0.05) is 17.4 Å². The molecule has 2 atom stereocenters. The summed E-state index contributed by atoms with van der Waals surface area (Å²) in [5.74, 6) is -2.01. The van der Waals surface area contributed by atoms with Crippen molar-refractivity contribution in [1.82, 2.24) is 5.01 Å². The molecule has 7 heteroatoms. The smallest absolute Gasteiger partial charge is 0.335 e. The molecule has 3 aliphatic carbocycles. The summed E-state index contributed by atoms with van der Waals surface area (Å²) in [5, 5.41) is 14.4. The van der Waals surface area contributed by atoms with E-state index in [9.17, 15) is 14.4 Å². The molecular formula is C30H20N2O5. The van der Waals surface area contributed by atoms with Crippen LogP contribution < -0.4 is 0 Å². The lowest BCUT2D eigenvalue weighted by atomic mass is 9.55. The number of carbonyl (C=O) groups is 3. The number of amides is 2. The number of hydrazone groups is 1. The zero-order chi connectivity index (χ0) is 25.3. The van der Waals surface area contributed by atoms with Crippen LogP contribution in [0, 0.1) is 11.8 Å². The molecule has 0 unspecified atom stereocenters. The highest BCUT2D eigenvalue weighted by atomic mass is 16.4. The van der Waals surface area contributed by atoms with Crippen LogP contribution in [0.3, 0.4) is 0 Å². The van der Waals surface area contributed by atoms with Gasteiger partial charge in [0.1, 0.15) is 11.5 Å². The van der Waals surface area contributed by atoms with E-state index >= 15 is 0 Å². The fraction of sp³-hybridized carbons (Fsp3) is 0.133. The molecule has 2 bridgehead atoms. The molecule has 1 aliphatic heterocycles. The Hall–Kier alpha value is -4.78. The van der Waals surface area contributed by atoms with Crippen molar-refractivity contribution in [2.24, 2.45) is 16.9 Å². The maximum absolute atomic E-state index is 13.6. The molecule has 1 saturated heterocycles. The van der Waals surface area contributed by atoms with Gasteiger partial charge in [-0.3, -0.25) is 9.59 Å². The average molecular weight is 488 g/mol. The monoisotopic (exact) mass is 488 g/mol. The van der Waals surface area contributed by atoms with Gasteiger partial charge in [0.05, 0.1) is 23.6 Å². The summed E-state index contributed by atoms with van der Waals surface area (Å²) in [6, 6.07) is 25.9. The summed E-state index contributed by atoms with van der Waals surface area (Å²) in [7, 11) is 0. The largest absolute Gasteiger partial charge is 0.478 e. The summed E-state index contributed by atoms with van der Waals surface area (Å²) in [6.07, 6.45) is 1.38. The molecule has 1 fully saturated rings. The molecule has 1 aromatic heterocycles. The van der Waals surface area contributed by atoms with Crippen LogP contribution in [0.4, 0.5) is 0 Å². The molecule has 2 amide bonds. The van der Waals surface area contributed by atoms with E-state index in [1.807, 2.05) is 24.3 Å². The molecule has 0 saturated carbocycles. The second-order valence-corrected chi connectivity index (χ2v) is 9.58. The van der Waals surface area contributed by atoms with Crippen LogP contribution in [0.5, 0.6) is 0 Å². The minimum atomic E-state index is -1.00. The van der Waals surface area contributed by atoms with Gasteiger partial charge in [-0.25, -0.2) is 4.79 Å². The lowest BCUT2D eigenvalue weighted by Gasteiger charge is -2.45. The summed E-state index contributed by atoms with van der Waals surface area (Å²) >= 11 is 0. The molecule has 4 aliphatic rings. The molecule has 0 radical (unpaired) electrons. The highest BCUT2D eigenvalue weighted by Crippen LogP contribution is 2.60. The molecular weight excluding hydrogens is 468 g/mol. The highest BCUT2D eigenvalue weighted by Gasteiger charge is 2.61. The van der Waals surface area contributed by atoms with Crippen LogP contribution >= 0.6 is 0 Å². The number of imide groups is 1. The van der Waals surface area contributed by atoms with Crippen LogP contribution in [0.2, 0.25) is 0 Å². The number of hydrogen-bond donors (Lipinski definition) is 1. The van der Waals surface area contributed by atoms with Crippen molar-refractivity contribution >= 4 is 24.0 Å². The van der Waals surface area contributed by atoms with E-state index in [2.05, 4.69) is 29.4 Å². The fourth-order valence-electron chi connectivity index (χ4n) is 6.24. The Bertz CT molecular complexity index is 1520. The van der Waals surface area contributed by atoms with Gasteiger partial charge in [-0.1, -0.05) is 60.7 Å². The Labute approximate surface area is 211 Å². The fourth-order valence-corrected chi connectivity index (χ4v) is 6.24. The standard InChI is InChI=1S/C30H20N2O5/c33-28-26-24-19-5-1-2-6-20(19)25(22-8-4-3-7-21(22)24)27(26)29(34)32(28)31-15-18-13-14-23(37-18)16-9-11-17(12-10-16)30(35)36/h1-15,24-27H,(H,35,36)/b31-15-/t24?,25?,26-,27-/m1/s1. The summed E-state index contributed by atoms with van der Waals surface area (Å²) in [4.78, 5) is 38.3. The van der Waals surface area contributed by atoms with E-state index in [1.54, 1.807) is 24.3 Å². The number of carboxylic acid groups (broad SMARTS) is 1. The molecule has 2 heterocycles. The minimum Gasteiger partial charge on any atom is -0.478 e. The van der Waals surface area contributed by atoms with E-state index in [4.69, 9.17) is 9.52 Å². The third kappa shape index (κ3) is 3.07. The van der Waals surface area contributed by atoms with Crippen molar-refractivity contribution in [1.29, 1.82) is 0 Å². The number of carboxylic acids is 1. The van der Waals surface area contributed by atoms with Gasteiger partial charge in [0.15, 0.2) is 0 Å². The molecule has 4 aromatic rings. The van der Waals surface area contributed by atoms with Gasteiger partial charge >= 0.3 is 5.97 Å². The van der Waals surface area contributed by atoms with Gasteiger partial charge in [-0.05, 0) is 46.5 Å². The molecule has 7 nitrogen and oxygen atoms in total. The molecule has 1 N–H and O–H groups in total. The lowest BCUT2D eigenvalue weighted by molar-refractivity contribution is -0.139. The van der Waals surface area contributed by atoms with Crippen molar-refractivity contribution in [3.8, 4) is 11.3 Å². The second kappa shape index (κ2) is 7.86. The van der Waals surface area contributed by atoms with E-state index in [0.717, 1.165) is 27.3 Å². The first-order chi connectivity index (χ1) is 18.0. The van der Waals surface area contributed by atoms with Crippen molar-refractivity contribution < 1.29 is 23.9 Å². The predicted octanol–water partition coefficient (Wildman–Crippen LogP) is 4.87. The Morgan fingerprint density at radius 1 is 0.757 bits per heavy atom. The Balaban J connectivity index is 1.20. The molecule has 8 rings (SSSR count). The van der Waals surface area contributed by atoms with Crippen molar-refractivity contribution in [3.05, 3.63) is 119 Å². The first-order valence-corrected chi connectivity index (χ1v) is 12.1. The first kappa shape index (κ1) is 21.5. The quantitative estimate of drug-likeness (QED) is 0.326. The number of rotatable bonds is 4. The van der Waals surface area contributed by atoms with Crippen LogP contribution in [-0.2, 0) is 9.59 Å². The highest BCUT2D eigenvalue weighted by molar-refractivity contribution is 6.08. The summed E-state index contributed by atoms with van der Waals surface area (Å²) in [6.45, 7) is 0. The molecule has 3 aromatic carbocycles. The normalized spacial score (nSPS) is 23.3. The zero-order valence-corrected chi connectivity index (χ0v) is 19.4. The maximum atomic E-state index is 13.6. The number of carbonyl (C=O) groups excluding carboxylic acids is 2. The Kier molecular flexibility index (Phi) is 4.57. The SMILES string of the molecule is O=C(O)c1ccc(-c2ccc(/C=N\N3C(=O)[C@@H]4C5c6ccccc6C(c6ccccc65)[C@H]4C3=O)o2)cc1. The van der Waals surface area contributed by atoms with Gasteiger partial charge in [-0.2, -0.15) is 10.1 Å². The van der Waals surface area contributed by atoms with Gasteiger partial charge in [0.2, 0.25) is 0 Å². The summed E-state index contributed by atoms with van der Waals surface area (Å²) < 4.78 is 5.83. The average Bonchev–Trinajstić information content (AvgIpc) is 3.50. The van der Waals surface area contributed by atoms with Crippen molar-refractivity contribution in [2.75, 3.05) is 0 Å². The molecule has 0 spiro atoms. The topological polar surface area (TPSA) is 100 Å².